The van der Waals surface area contributed by atoms with Crippen LogP contribution in [0.5, 0.6) is 0 Å². The summed E-state index contributed by atoms with van der Waals surface area (Å²) in [5.41, 5.74) is 0.0364. The normalized spacial score (nSPS) is 11.1. The van der Waals surface area contributed by atoms with Gasteiger partial charge in [0.2, 0.25) is 0 Å². The van der Waals surface area contributed by atoms with Crippen molar-refractivity contribution in [2.75, 3.05) is 0 Å². The van der Waals surface area contributed by atoms with Gasteiger partial charge in [-0.25, -0.2) is 0 Å². The van der Waals surface area contributed by atoms with Gasteiger partial charge in [-0.3, -0.25) is 0 Å². The van der Waals surface area contributed by atoms with Gasteiger partial charge in [-0.1, -0.05) is 0 Å². The molecule has 0 unspecified atom stereocenters. The molecule has 0 spiro atoms. The molecule has 68 valence electrons. The summed E-state index contributed by atoms with van der Waals surface area (Å²) >= 11 is 0.306. The number of hydrogen-bond donors (Lipinski definition) is 1. The standard InChI is InChI=1S/C11H7NOSe/c13-11-10-7-3-1-2-4-8(7)14-9(10)5-6-12-11/h1-6H,(H,12,13). The van der Waals surface area contributed by atoms with E-state index in [2.05, 4.69) is 11.1 Å². The fourth-order valence-electron chi connectivity index (χ4n) is 1.68. The molecule has 3 heteroatoms. The van der Waals surface area contributed by atoms with Crippen molar-refractivity contribution < 1.29 is 0 Å². The summed E-state index contributed by atoms with van der Waals surface area (Å²) in [6.07, 6.45) is 1.73. The van der Waals surface area contributed by atoms with Crippen LogP contribution in [0.1, 0.15) is 0 Å². The van der Waals surface area contributed by atoms with Crippen molar-refractivity contribution in [2.24, 2.45) is 0 Å². The third-order valence-electron chi connectivity index (χ3n) is 2.30. The fourth-order valence-corrected chi connectivity index (χ4v) is 4.00. The van der Waals surface area contributed by atoms with Crippen LogP contribution in [0.4, 0.5) is 0 Å². The molecule has 0 aliphatic heterocycles. The van der Waals surface area contributed by atoms with Gasteiger partial charge in [0.25, 0.3) is 0 Å². The maximum absolute atomic E-state index is 11.6. The Morgan fingerprint density at radius 1 is 1.07 bits per heavy atom. The number of H-pyrrole nitrogens is 1. The van der Waals surface area contributed by atoms with Gasteiger partial charge in [0.05, 0.1) is 0 Å². The second-order valence-corrected chi connectivity index (χ2v) is 5.42. The first kappa shape index (κ1) is 8.04. The summed E-state index contributed by atoms with van der Waals surface area (Å²) in [6, 6.07) is 10.2. The molecule has 0 atom stereocenters. The van der Waals surface area contributed by atoms with Crippen molar-refractivity contribution in [3.63, 3.8) is 0 Å². The van der Waals surface area contributed by atoms with Gasteiger partial charge in [0.15, 0.2) is 0 Å². The van der Waals surface area contributed by atoms with E-state index in [4.69, 9.17) is 0 Å². The molecular formula is C11H7NOSe. The topological polar surface area (TPSA) is 32.9 Å². The zero-order valence-corrected chi connectivity index (χ0v) is 8.99. The monoisotopic (exact) mass is 249 g/mol. The van der Waals surface area contributed by atoms with Gasteiger partial charge >= 0.3 is 85.7 Å². The fraction of sp³-hybridized carbons (Fsp3) is 0. The molecule has 0 aliphatic carbocycles. The SMILES string of the molecule is O=c1[nH]ccc2[se]c3ccccc3c12. The zero-order chi connectivity index (χ0) is 9.54. The van der Waals surface area contributed by atoms with E-state index in [1.807, 2.05) is 24.3 Å². The first-order valence-electron chi connectivity index (χ1n) is 4.35. The Balaban J connectivity index is 2.73. The van der Waals surface area contributed by atoms with Crippen LogP contribution in [0.15, 0.2) is 41.3 Å². The molecule has 0 amide bonds. The molecule has 1 N–H and O–H groups in total. The molecule has 0 bridgehead atoms. The third-order valence-corrected chi connectivity index (χ3v) is 4.68. The number of pyridine rings is 1. The predicted octanol–water partition coefficient (Wildman–Crippen LogP) is 1.74. The number of aromatic amines is 1. The molecule has 3 rings (SSSR count). The summed E-state index contributed by atoms with van der Waals surface area (Å²) in [6.45, 7) is 0. The number of hydrogen-bond acceptors (Lipinski definition) is 1. The molecule has 2 nitrogen and oxygen atoms in total. The molecule has 2 aromatic heterocycles. The number of rotatable bonds is 0. The summed E-state index contributed by atoms with van der Waals surface area (Å²) in [4.78, 5) is 14.4. The van der Waals surface area contributed by atoms with Gasteiger partial charge in [0.1, 0.15) is 0 Å². The van der Waals surface area contributed by atoms with Gasteiger partial charge in [0, 0.05) is 0 Å². The molecule has 1 aromatic carbocycles. The van der Waals surface area contributed by atoms with Gasteiger partial charge in [-0.15, -0.1) is 0 Å². The summed E-state index contributed by atoms with van der Waals surface area (Å²) in [7, 11) is 0. The van der Waals surface area contributed by atoms with Crippen molar-refractivity contribution in [1.82, 2.24) is 4.98 Å². The van der Waals surface area contributed by atoms with Crippen LogP contribution in [0.2, 0.25) is 0 Å². The van der Waals surface area contributed by atoms with Gasteiger partial charge in [-0.2, -0.15) is 0 Å². The number of nitrogens with one attached hydrogen (secondary N) is 1. The third kappa shape index (κ3) is 0.999. The Hall–Kier alpha value is -1.31. The average Bonchev–Trinajstić information content (AvgIpc) is 2.57. The van der Waals surface area contributed by atoms with Crippen LogP contribution < -0.4 is 5.56 Å². The Morgan fingerprint density at radius 2 is 1.93 bits per heavy atom. The second-order valence-electron chi connectivity index (χ2n) is 3.14. The Morgan fingerprint density at radius 3 is 2.86 bits per heavy atom. The minimum absolute atomic E-state index is 0.0364. The van der Waals surface area contributed by atoms with E-state index in [9.17, 15) is 4.79 Å². The molecule has 14 heavy (non-hydrogen) atoms. The van der Waals surface area contributed by atoms with Crippen LogP contribution in [-0.2, 0) is 0 Å². The number of aromatic nitrogens is 1. The molecule has 0 aliphatic rings. The van der Waals surface area contributed by atoms with E-state index < -0.39 is 0 Å². The van der Waals surface area contributed by atoms with Crippen molar-refractivity contribution in [2.45, 2.75) is 0 Å². The second kappa shape index (κ2) is 2.84. The van der Waals surface area contributed by atoms with E-state index in [1.165, 1.54) is 8.52 Å². The summed E-state index contributed by atoms with van der Waals surface area (Å²) < 4.78 is 2.51. The Kier molecular flexibility index (Phi) is 1.63. The van der Waals surface area contributed by atoms with E-state index in [0.717, 1.165) is 10.8 Å². The van der Waals surface area contributed by atoms with Gasteiger partial charge in [-0.05, 0) is 0 Å². The summed E-state index contributed by atoms with van der Waals surface area (Å²) in [5, 5.41) is 1.99. The van der Waals surface area contributed by atoms with Crippen LogP contribution >= 0.6 is 0 Å². The molecule has 0 saturated heterocycles. The molecule has 2 heterocycles. The van der Waals surface area contributed by atoms with Crippen LogP contribution in [0.25, 0.3) is 19.3 Å². The summed E-state index contributed by atoms with van der Waals surface area (Å²) in [5.74, 6) is 0. The predicted molar refractivity (Wildman–Crippen MR) is 59.0 cm³/mol. The van der Waals surface area contributed by atoms with Crippen molar-refractivity contribution in [3.05, 3.63) is 46.9 Å². The van der Waals surface area contributed by atoms with Crippen LogP contribution in [0, 0.1) is 0 Å². The molecule has 3 aromatic rings. The maximum atomic E-state index is 11.6. The Labute approximate surface area is 85.9 Å². The van der Waals surface area contributed by atoms with Crippen molar-refractivity contribution in [1.29, 1.82) is 0 Å². The average molecular weight is 248 g/mol. The van der Waals surface area contributed by atoms with Gasteiger partial charge < -0.3 is 0 Å². The van der Waals surface area contributed by atoms with Crippen molar-refractivity contribution >= 4 is 33.8 Å². The van der Waals surface area contributed by atoms with E-state index in [0.29, 0.717) is 14.5 Å². The number of benzene rings is 1. The van der Waals surface area contributed by atoms with Crippen LogP contribution in [-0.4, -0.2) is 19.5 Å². The Bertz CT molecular complexity index is 665. The zero-order valence-electron chi connectivity index (χ0n) is 7.28. The first-order valence-corrected chi connectivity index (χ1v) is 6.06. The minimum atomic E-state index is 0.0364. The molecule has 0 saturated carbocycles. The van der Waals surface area contributed by atoms with Crippen LogP contribution in [0.3, 0.4) is 0 Å². The van der Waals surface area contributed by atoms with E-state index >= 15 is 0 Å². The van der Waals surface area contributed by atoms with E-state index in [1.54, 1.807) is 6.20 Å². The molecular weight excluding hydrogens is 241 g/mol. The molecule has 0 radical (unpaired) electrons. The number of fused-ring (bicyclic) bond motifs is 3. The van der Waals surface area contributed by atoms with E-state index in [-0.39, 0.29) is 5.56 Å². The quantitative estimate of drug-likeness (QED) is 0.604. The first-order chi connectivity index (χ1) is 6.86. The molecule has 0 fully saturated rings. The van der Waals surface area contributed by atoms with Crippen molar-refractivity contribution in [3.8, 4) is 0 Å².